The quantitative estimate of drug-likeness (QED) is 0.276. The second-order valence-electron chi connectivity index (χ2n) is 4.18. The maximum absolute atomic E-state index is 11.8. The van der Waals surface area contributed by atoms with Crippen LogP contribution in [-0.2, 0) is 0 Å². The number of rotatable bonds is 7. The fraction of sp³-hybridized carbons (Fsp3) is 0.429. The number of nitrogens with zero attached hydrogens (tertiary/aromatic N) is 1. The number of hydrogen-bond acceptors (Lipinski definition) is 3. The van der Waals surface area contributed by atoms with E-state index in [0.717, 1.165) is 12.2 Å². The summed E-state index contributed by atoms with van der Waals surface area (Å²) < 4.78 is 5.04. The molecule has 1 aromatic rings. The SMILES string of the molecule is CCCN=C(N)NCCNC(=O)c1ccc(OC)cc1.I. The number of nitrogens with one attached hydrogen (secondary N) is 2. The molecule has 7 heteroatoms. The third-order valence-corrected chi connectivity index (χ3v) is 2.57. The molecule has 0 saturated carbocycles. The summed E-state index contributed by atoms with van der Waals surface area (Å²) in [5.41, 5.74) is 6.23. The Kier molecular flexibility index (Phi) is 10.4. The molecular weight excluding hydrogens is 383 g/mol. The first-order chi connectivity index (χ1) is 9.67. The van der Waals surface area contributed by atoms with Crippen molar-refractivity contribution in [2.45, 2.75) is 13.3 Å². The molecule has 118 valence electrons. The van der Waals surface area contributed by atoms with Crippen LogP contribution in [0.2, 0.25) is 0 Å². The van der Waals surface area contributed by atoms with Gasteiger partial charge in [0.2, 0.25) is 0 Å². The molecule has 0 heterocycles. The Balaban J connectivity index is 0.00000400. The lowest BCUT2D eigenvalue weighted by molar-refractivity contribution is 0.0954. The molecule has 0 bridgehead atoms. The van der Waals surface area contributed by atoms with Crippen LogP contribution in [0.3, 0.4) is 0 Å². The molecule has 0 aliphatic heterocycles. The molecule has 6 nitrogen and oxygen atoms in total. The average molecular weight is 406 g/mol. The lowest BCUT2D eigenvalue weighted by Gasteiger charge is -2.08. The van der Waals surface area contributed by atoms with Crippen molar-refractivity contribution >= 4 is 35.8 Å². The van der Waals surface area contributed by atoms with Crippen molar-refractivity contribution in [1.29, 1.82) is 0 Å². The molecule has 0 aliphatic rings. The Bertz CT molecular complexity index is 449. The summed E-state index contributed by atoms with van der Waals surface area (Å²) in [6, 6.07) is 6.95. The van der Waals surface area contributed by atoms with E-state index in [1.54, 1.807) is 31.4 Å². The van der Waals surface area contributed by atoms with Crippen molar-refractivity contribution in [3.05, 3.63) is 29.8 Å². The first kappa shape index (κ1) is 19.5. The van der Waals surface area contributed by atoms with Crippen LogP contribution in [0.4, 0.5) is 0 Å². The normalized spacial score (nSPS) is 10.5. The molecule has 0 aliphatic carbocycles. The molecule has 1 rings (SSSR count). The van der Waals surface area contributed by atoms with Crippen LogP contribution < -0.4 is 21.1 Å². The van der Waals surface area contributed by atoms with E-state index in [9.17, 15) is 4.79 Å². The minimum Gasteiger partial charge on any atom is -0.497 e. The molecule has 1 aromatic carbocycles. The van der Waals surface area contributed by atoms with Gasteiger partial charge in [-0.25, -0.2) is 0 Å². The lowest BCUT2D eigenvalue weighted by atomic mass is 10.2. The van der Waals surface area contributed by atoms with Crippen molar-refractivity contribution < 1.29 is 9.53 Å². The fourth-order valence-corrected chi connectivity index (χ4v) is 1.50. The maximum atomic E-state index is 11.8. The monoisotopic (exact) mass is 406 g/mol. The highest BCUT2D eigenvalue weighted by atomic mass is 127. The summed E-state index contributed by atoms with van der Waals surface area (Å²) in [4.78, 5) is 15.9. The lowest BCUT2D eigenvalue weighted by Crippen LogP contribution is -2.38. The van der Waals surface area contributed by atoms with Crippen molar-refractivity contribution in [1.82, 2.24) is 10.6 Å². The van der Waals surface area contributed by atoms with E-state index in [1.165, 1.54) is 0 Å². The molecule has 0 radical (unpaired) electrons. The zero-order chi connectivity index (χ0) is 14.8. The number of nitrogens with two attached hydrogens (primary N) is 1. The van der Waals surface area contributed by atoms with Crippen molar-refractivity contribution in [3.8, 4) is 5.75 Å². The van der Waals surface area contributed by atoms with Crippen LogP contribution in [0.1, 0.15) is 23.7 Å². The van der Waals surface area contributed by atoms with Gasteiger partial charge in [0.15, 0.2) is 5.96 Å². The Morgan fingerprint density at radius 2 is 1.86 bits per heavy atom. The van der Waals surface area contributed by atoms with Gasteiger partial charge in [-0.2, -0.15) is 0 Å². The van der Waals surface area contributed by atoms with Gasteiger partial charge < -0.3 is 21.1 Å². The van der Waals surface area contributed by atoms with Crippen molar-refractivity contribution in [2.75, 3.05) is 26.7 Å². The van der Waals surface area contributed by atoms with E-state index in [1.807, 2.05) is 6.92 Å². The highest BCUT2D eigenvalue weighted by Gasteiger charge is 2.04. The summed E-state index contributed by atoms with van der Waals surface area (Å²) in [6.45, 7) is 3.76. The first-order valence-corrected chi connectivity index (χ1v) is 6.63. The third kappa shape index (κ3) is 7.74. The number of carbonyl (C=O) groups is 1. The Hall–Kier alpha value is -1.51. The number of carbonyl (C=O) groups excluding carboxylic acids is 1. The van der Waals surface area contributed by atoms with Crippen LogP contribution in [-0.4, -0.2) is 38.6 Å². The van der Waals surface area contributed by atoms with Crippen LogP contribution in [0.25, 0.3) is 0 Å². The van der Waals surface area contributed by atoms with Gasteiger partial charge in [0.1, 0.15) is 5.75 Å². The molecule has 21 heavy (non-hydrogen) atoms. The number of benzene rings is 1. The zero-order valence-corrected chi connectivity index (χ0v) is 14.7. The van der Waals surface area contributed by atoms with Gasteiger partial charge in [-0.3, -0.25) is 9.79 Å². The van der Waals surface area contributed by atoms with E-state index in [-0.39, 0.29) is 29.9 Å². The average Bonchev–Trinajstić information content (AvgIpc) is 2.49. The minimum absolute atomic E-state index is 0. The van der Waals surface area contributed by atoms with Crippen molar-refractivity contribution in [2.24, 2.45) is 10.7 Å². The number of halogens is 1. The Labute approximate surface area is 142 Å². The molecule has 4 N–H and O–H groups in total. The van der Waals surface area contributed by atoms with E-state index in [0.29, 0.717) is 31.2 Å². The number of aliphatic imine (C=N–C) groups is 1. The first-order valence-electron chi connectivity index (χ1n) is 6.63. The molecular formula is C14H23IN4O2. The van der Waals surface area contributed by atoms with Gasteiger partial charge in [-0.15, -0.1) is 24.0 Å². The van der Waals surface area contributed by atoms with Gasteiger partial charge >= 0.3 is 0 Å². The maximum Gasteiger partial charge on any atom is 0.251 e. The molecule has 0 spiro atoms. The summed E-state index contributed by atoms with van der Waals surface area (Å²) in [7, 11) is 1.59. The predicted molar refractivity (Wildman–Crippen MR) is 95.5 cm³/mol. The standard InChI is InChI=1S/C14H22N4O2.HI/c1-3-8-17-14(15)18-10-9-16-13(19)11-4-6-12(20-2)7-5-11;/h4-7H,3,8-10H2,1-2H3,(H,16,19)(H3,15,17,18);1H. The molecule has 0 fully saturated rings. The van der Waals surface area contributed by atoms with Gasteiger partial charge in [-0.05, 0) is 30.7 Å². The largest absolute Gasteiger partial charge is 0.497 e. The van der Waals surface area contributed by atoms with Crippen LogP contribution in [0.15, 0.2) is 29.3 Å². The van der Waals surface area contributed by atoms with E-state index < -0.39 is 0 Å². The van der Waals surface area contributed by atoms with Gasteiger partial charge in [0.25, 0.3) is 5.91 Å². The number of guanidine groups is 1. The summed E-state index contributed by atoms with van der Waals surface area (Å²) in [5, 5.41) is 5.73. The van der Waals surface area contributed by atoms with E-state index >= 15 is 0 Å². The van der Waals surface area contributed by atoms with Crippen molar-refractivity contribution in [3.63, 3.8) is 0 Å². The second kappa shape index (κ2) is 11.2. The van der Waals surface area contributed by atoms with E-state index in [4.69, 9.17) is 10.5 Å². The number of methoxy groups -OCH3 is 1. The number of amides is 1. The van der Waals surface area contributed by atoms with Gasteiger partial charge in [0, 0.05) is 25.2 Å². The second-order valence-corrected chi connectivity index (χ2v) is 4.18. The highest BCUT2D eigenvalue weighted by Crippen LogP contribution is 2.10. The van der Waals surface area contributed by atoms with E-state index in [2.05, 4.69) is 15.6 Å². The number of hydrogen-bond donors (Lipinski definition) is 3. The Morgan fingerprint density at radius 3 is 2.43 bits per heavy atom. The number of ether oxygens (including phenoxy) is 1. The van der Waals surface area contributed by atoms with Crippen LogP contribution in [0, 0.1) is 0 Å². The molecule has 1 amide bonds. The molecule has 0 aromatic heterocycles. The van der Waals surface area contributed by atoms with Crippen LogP contribution in [0.5, 0.6) is 5.75 Å². The van der Waals surface area contributed by atoms with Gasteiger partial charge in [-0.1, -0.05) is 6.92 Å². The molecule has 0 unspecified atom stereocenters. The topological polar surface area (TPSA) is 88.7 Å². The smallest absolute Gasteiger partial charge is 0.251 e. The molecule has 0 atom stereocenters. The molecule has 0 saturated heterocycles. The third-order valence-electron chi connectivity index (χ3n) is 2.57. The van der Waals surface area contributed by atoms with Crippen LogP contribution >= 0.6 is 24.0 Å². The fourth-order valence-electron chi connectivity index (χ4n) is 1.50. The summed E-state index contributed by atoms with van der Waals surface area (Å²) >= 11 is 0. The zero-order valence-electron chi connectivity index (χ0n) is 12.4. The predicted octanol–water partition coefficient (Wildman–Crippen LogP) is 1.36. The Morgan fingerprint density at radius 1 is 1.24 bits per heavy atom. The highest BCUT2D eigenvalue weighted by molar-refractivity contribution is 14.0. The van der Waals surface area contributed by atoms with Gasteiger partial charge in [0.05, 0.1) is 7.11 Å². The minimum atomic E-state index is -0.126. The summed E-state index contributed by atoms with van der Waals surface area (Å²) in [6.07, 6.45) is 0.955. The summed E-state index contributed by atoms with van der Waals surface area (Å²) in [5.74, 6) is 1.01.